The Kier molecular flexibility index (Phi) is 8.09. The second-order valence-electron chi connectivity index (χ2n) is 9.39. The molecule has 0 bridgehead atoms. The number of carbonyl (C=O) groups excluding carboxylic acids is 1. The van der Waals surface area contributed by atoms with Gasteiger partial charge >= 0.3 is 0 Å². The topological polar surface area (TPSA) is 108 Å². The van der Waals surface area contributed by atoms with E-state index in [0.717, 1.165) is 5.39 Å². The van der Waals surface area contributed by atoms with Gasteiger partial charge in [0, 0.05) is 13.1 Å². The monoisotopic (exact) mass is 694 g/mol. The van der Waals surface area contributed by atoms with Crippen molar-refractivity contribution in [3.05, 3.63) is 85.5 Å². The lowest BCUT2D eigenvalue weighted by atomic mass is 10.2. The number of benzene rings is 3. The Bertz CT molecular complexity index is 1870. The van der Waals surface area contributed by atoms with Crippen molar-refractivity contribution in [2.45, 2.75) is 0 Å². The van der Waals surface area contributed by atoms with Gasteiger partial charge in [-0.15, -0.1) is 0 Å². The zero-order valence-electron chi connectivity index (χ0n) is 22.4. The predicted octanol–water partition coefficient (Wildman–Crippen LogP) is 5.46. The van der Waals surface area contributed by atoms with Crippen LogP contribution >= 0.6 is 31.9 Å². The molecule has 2 aromatic heterocycles. The number of furan rings is 1. The Labute approximate surface area is 256 Å². The minimum Gasteiger partial charge on any atom is -0.496 e. The maximum absolute atomic E-state index is 13.6. The molecule has 0 atom stereocenters. The molecular formula is C30H24Br2N4O6. The minimum absolute atomic E-state index is 0.103. The molecule has 1 fully saturated rings. The van der Waals surface area contributed by atoms with E-state index < -0.39 is 0 Å². The van der Waals surface area contributed by atoms with Gasteiger partial charge in [-0.05, 0) is 79.9 Å². The minimum atomic E-state index is -0.348. The van der Waals surface area contributed by atoms with Crippen molar-refractivity contribution in [3.8, 4) is 23.1 Å². The number of fused-ring (bicyclic) bond motifs is 2. The number of ether oxygens (including phenoxy) is 3. The third kappa shape index (κ3) is 5.57. The molecule has 0 unspecified atom stereocenters. The highest BCUT2D eigenvalue weighted by atomic mass is 79.9. The highest BCUT2D eigenvalue weighted by Crippen LogP contribution is 2.35. The molecule has 3 heterocycles. The van der Waals surface area contributed by atoms with Crippen LogP contribution in [0.1, 0.15) is 5.56 Å². The number of rotatable bonds is 7. The van der Waals surface area contributed by atoms with E-state index in [1.807, 2.05) is 24.3 Å². The van der Waals surface area contributed by atoms with Crippen LogP contribution in [0.25, 0.3) is 33.5 Å². The van der Waals surface area contributed by atoms with Gasteiger partial charge in [0.15, 0.2) is 12.4 Å². The maximum Gasteiger partial charge on any atom is 0.282 e. The van der Waals surface area contributed by atoms with Crippen LogP contribution in [0.3, 0.4) is 0 Å². The van der Waals surface area contributed by atoms with E-state index >= 15 is 0 Å². The Hall–Kier alpha value is -4.00. The van der Waals surface area contributed by atoms with Crippen LogP contribution in [0.15, 0.2) is 83.9 Å². The van der Waals surface area contributed by atoms with Crippen molar-refractivity contribution in [2.24, 2.45) is 5.10 Å². The first kappa shape index (κ1) is 28.1. The summed E-state index contributed by atoms with van der Waals surface area (Å²) < 4.78 is 25.2. The number of amides is 1. The number of halogens is 2. The van der Waals surface area contributed by atoms with Crippen molar-refractivity contribution >= 4 is 65.9 Å². The lowest BCUT2D eigenvalue weighted by molar-refractivity contribution is -0.137. The Morgan fingerprint density at radius 2 is 1.81 bits per heavy atom. The largest absolute Gasteiger partial charge is 0.496 e. The molecule has 10 nitrogen and oxygen atoms in total. The number of para-hydroxylation sites is 1. The summed E-state index contributed by atoms with van der Waals surface area (Å²) in [7, 11) is 1.59. The van der Waals surface area contributed by atoms with Gasteiger partial charge in [-0.3, -0.25) is 9.59 Å². The molecule has 1 aliphatic rings. The molecule has 0 saturated carbocycles. The number of carbonyl (C=O) groups is 1. The van der Waals surface area contributed by atoms with E-state index in [9.17, 15) is 9.59 Å². The number of hydrogen-bond acceptors (Lipinski definition) is 8. The van der Waals surface area contributed by atoms with Crippen LogP contribution in [0.4, 0.5) is 0 Å². The SMILES string of the molecule is COc1cccc2oc(-c3nc4ccccc4c(=O)n3N=Cc3cc(Br)c(OCC(=O)N4CCOCC4)c(Br)c3)cc12. The summed E-state index contributed by atoms with van der Waals surface area (Å²) in [6, 6.07) is 17.9. The lowest BCUT2D eigenvalue weighted by Crippen LogP contribution is -2.43. The predicted molar refractivity (Wildman–Crippen MR) is 165 cm³/mol. The summed E-state index contributed by atoms with van der Waals surface area (Å²) in [5.74, 6) is 1.62. The molecule has 12 heteroatoms. The summed E-state index contributed by atoms with van der Waals surface area (Å²) in [5, 5.41) is 5.71. The molecule has 5 aromatic rings. The van der Waals surface area contributed by atoms with E-state index in [-0.39, 0.29) is 23.9 Å². The van der Waals surface area contributed by atoms with Gasteiger partial charge in [0.25, 0.3) is 11.5 Å². The average molecular weight is 696 g/mol. The van der Waals surface area contributed by atoms with Gasteiger partial charge in [0.05, 0.1) is 51.8 Å². The molecular weight excluding hydrogens is 672 g/mol. The standard InChI is InChI=1S/C30H24Br2N4O6/c1-39-24-7-4-8-25-20(24)15-26(42-25)29-34-23-6-3-2-5-19(23)30(38)36(29)33-16-18-13-21(31)28(22(32)14-18)41-17-27(37)35-9-11-40-12-10-35/h2-8,13-16H,9-12,17H2,1H3. The highest BCUT2D eigenvalue weighted by Gasteiger charge is 2.20. The molecule has 1 amide bonds. The summed E-state index contributed by atoms with van der Waals surface area (Å²) >= 11 is 7.06. The fraction of sp³-hybridized carbons (Fsp3) is 0.200. The number of morpholine rings is 1. The quantitative estimate of drug-likeness (QED) is 0.208. The van der Waals surface area contributed by atoms with Gasteiger partial charge in [-0.25, -0.2) is 4.98 Å². The first-order valence-corrected chi connectivity index (χ1v) is 14.6. The zero-order chi connectivity index (χ0) is 29.2. The van der Waals surface area contributed by atoms with E-state index in [1.165, 1.54) is 4.68 Å². The lowest BCUT2D eigenvalue weighted by Gasteiger charge is -2.26. The van der Waals surface area contributed by atoms with E-state index in [1.54, 1.807) is 54.6 Å². The van der Waals surface area contributed by atoms with E-state index in [0.29, 0.717) is 74.6 Å². The second kappa shape index (κ2) is 12.1. The first-order valence-electron chi connectivity index (χ1n) is 13.0. The molecule has 1 aliphatic heterocycles. The Morgan fingerprint density at radius 3 is 2.57 bits per heavy atom. The Balaban J connectivity index is 1.34. The smallest absolute Gasteiger partial charge is 0.282 e. The Morgan fingerprint density at radius 1 is 1.05 bits per heavy atom. The summed E-state index contributed by atoms with van der Waals surface area (Å²) in [6.45, 7) is 2.04. The van der Waals surface area contributed by atoms with Crippen LogP contribution in [0, 0.1) is 0 Å². The van der Waals surface area contributed by atoms with Gasteiger partial charge in [0.1, 0.15) is 17.1 Å². The van der Waals surface area contributed by atoms with Crippen molar-refractivity contribution in [1.29, 1.82) is 0 Å². The van der Waals surface area contributed by atoms with Crippen LogP contribution in [0.2, 0.25) is 0 Å². The fourth-order valence-corrected chi connectivity index (χ4v) is 6.12. The fourth-order valence-electron chi connectivity index (χ4n) is 4.67. The summed E-state index contributed by atoms with van der Waals surface area (Å²) in [5.41, 5.74) is 1.43. The summed E-state index contributed by atoms with van der Waals surface area (Å²) in [4.78, 5) is 32.6. The molecule has 42 heavy (non-hydrogen) atoms. The third-order valence-electron chi connectivity index (χ3n) is 6.76. The highest BCUT2D eigenvalue weighted by molar-refractivity contribution is 9.11. The number of aromatic nitrogens is 2. The van der Waals surface area contributed by atoms with Gasteiger partial charge in [0.2, 0.25) is 5.82 Å². The van der Waals surface area contributed by atoms with E-state index in [2.05, 4.69) is 37.0 Å². The van der Waals surface area contributed by atoms with Gasteiger partial charge < -0.3 is 23.5 Å². The molecule has 0 spiro atoms. The van der Waals surface area contributed by atoms with Crippen molar-refractivity contribution in [2.75, 3.05) is 40.0 Å². The van der Waals surface area contributed by atoms with Crippen LogP contribution in [-0.4, -0.2) is 66.7 Å². The molecule has 3 aromatic carbocycles. The molecule has 214 valence electrons. The van der Waals surface area contributed by atoms with Crippen molar-refractivity contribution in [1.82, 2.24) is 14.6 Å². The van der Waals surface area contributed by atoms with Gasteiger partial charge in [-0.1, -0.05) is 18.2 Å². The normalized spacial score (nSPS) is 13.7. The number of hydrogen-bond donors (Lipinski definition) is 0. The molecule has 0 radical (unpaired) electrons. The summed E-state index contributed by atoms with van der Waals surface area (Å²) in [6.07, 6.45) is 1.54. The average Bonchev–Trinajstić information content (AvgIpc) is 3.45. The van der Waals surface area contributed by atoms with Crippen LogP contribution in [0.5, 0.6) is 11.5 Å². The maximum atomic E-state index is 13.6. The number of nitrogens with zero attached hydrogens (tertiary/aromatic N) is 4. The first-order chi connectivity index (χ1) is 20.4. The van der Waals surface area contributed by atoms with Crippen LogP contribution < -0.4 is 15.0 Å². The number of methoxy groups -OCH3 is 1. The second-order valence-corrected chi connectivity index (χ2v) is 11.1. The van der Waals surface area contributed by atoms with Crippen molar-refractivity contribution in [3.63, 3.8) is 0 Å². The molecule has 0 N–H and O–H groups in total. The van der Waals surface area contributed by atoms with Crippen LogP contribution in [-0.2, 0) is 9.53 Å². The third-order valence-corrected chi connectivity index (χ3v) is 7.94. The molecule has 1 saturated heterocycles. The molecule has 0 aliphatic carbocycles. The van der Waals surface area contributed by atoms with Gasteiger partial charge in [-0.2, -0.15) is 9.78 Å². The molecule has 6 rings (SSSR count). The van der Waals surface area contributed by atoms with Crippen molar-refractivity contribution < 1.29 is 23.4 Å². The zero-order valence-corrected chi connectivity index (χ0v) is 25.6. The van der Waals surface area contributed by atoms with E-state index in [4.69, 9.17) is 23.6 Å².